The number of fused-ring (bicyclic) bond motifs is 6. The summed E-state index contributed by atoms with van der Waals surface area (Å²) >= 11 is 0. The number of aliphatic hydroxyl groups excluding tert-OH is 1. The summed E-state index contributed by atoms with van der Waals surface area (Å²) in [6.45, 7) is 14.7. The molecular formula is C69H97N7O19. The van der Waals surface area contributed by atoms with Gasteiger partial charge in [-0.1, -0.05) is 52.5 Å². The summed E-state index contributed by atoms with van der Waals surface area (Å²) in [4.78, 5) is 104. The smallest absolute Gasteiger partial charge is 0.407 e. The van der Waals surface area contributed by atoms with Gasteiger partial charge in [0.05, 0.1) is 67.1 Å². The highest BCUT2D eigenvalue weighted by atomic mass is 16.8. The minimum Gasteiger partial charge on any atom is -0.445 e. The largest absolute Gasteiger partial charge is 0.445 e. The number of Topliss-reactive ketones (excluding diaryl/α,β-unsaturated/α-hetero) is 1. The quantitative estimate of drug-likeness (QED) is 0.0435. The Morgan fingerprint density at radius 2 is 1.47 bits per heavy atom. The average Bonchev–Trinajstić information content (AvgIpc) is 1.55. The lowest BCUT2D eigenvalue weighted by Gasteiger charge is -2.47. The highest BCUT2D eigenvalue weighted by Gasteiger charge is 2.69. The third-order valence-corrected chi connectivity index (χ3v) is 20.8. The van der Waals surface area contributed by atoms with Gasteiger partial charge in [0.15, 0.2) is 5.79 Å². The Labute approximate surface area is 554 Å². The molecule has 8 amide bonds. The summed E-state index contributed by atoms with van der Waals surface area (Å²) in [7, 11) is 1.58. The monoisotopic (exact) mass is 1330 g/mol. The molecule has 12 bridgehead atoms. The molecule has 95 heavy (non-hydrogen) atoms. The van der Waals surface area contributed by atoms with E-state index in [-0.39, 0.29) is 161 Å². The topological polar surface area (TPSA) is 338 Å². The summed E-state index contributed by atoms with van der Waals surface area (Å²) < 4.78 is 66.3. The Bertz CT molecular complexity index is 3000. The van der Waals surface area contributed by atoms with Gasteiger partial charge in [-0.25, -0.2) is 9.59 Å². The maximum Gasteiger partial charge on any atom is 0.407 e. The summed E-state index contributed by atoms with van der Waals surface area (Å²) in [6.07, 6.45) is 4.97. The Morgan fingerprint density at radius 3 is 2.23 bits per heavy atom. The number of hydrogen-bond donors (Lipinski definition) is 7. The van der Waals surface area contributed by atoms with Crippen LogP contribution in [0.3, 0.4) is 0 Å². The number of anilines is 1. The first kappa shape index (κ1) is 70.1. The summed E-state index contributed by atoms with van der Waals surface area (Å²) in [5.74, 6) is -3.73. The van der Waals surface area contributed by atoms with Gasteiger partial charge in [-0.05, 0) is 111 Å². The molecule has 1 spiro atoms. The number of imide groups is 1. The van der Waals surface area contributed by atoms with E-state index in [0.29, 0.717) is 62.6 Å². The molecule has 11 aliphatic heterocycles. The fourth-order valence-electron chi connectivity index (χ4n) is 15.8. The molecule has 8 N–H and O–H groups in total. The zero-order valence-corrected chi connectivity index (χ0v) is 55.1. The number of ether oxygens (including phenoxy) is 10. The van der Waals surface area contributed by atoms with Gasteiger partial charge in [-0.3, -0.25) is 33.7 Å². The van der Waals surface area contributed by atoms with Crippen molar-refractivity contribution < 1.29 is 90.8 Å². The number of nitrogens with zero attached hydrogens (tertiary/aromatic N) is 1. The zero-order valence-electron chi connectivity index (χ0n) is 55.1. The number of nitrogens with two attached hydrogens (primary N) is 1. The van der Waals surface area contributed by atoms with Crippen LogP contribution in [0.25, 0.3) is 0 Å². The Balaban J connectivity index is 0.674. The third-order valence-electron chi connectivity index (χ3n) is 20.8. The average molecular weight is 1330 g/mol. The number of primary amides is 1. The van der Waals surface area contributed by atoms with Crippen LogP contribution in [0.5, 0.6) is 0 Å². The number of amides is 8. The fourth-order valence-corrected chi connectivity index (χ4v) is 15.8. The molecular weight excluding hydrogens is 1230 g/mol. The SMILES string of the molecule is C=C1CC2CC[C@@]34C[C@H]5O[C@H]6[C@@H](O3)[C@H]3OC(CC[C@@H]3O[C@H]6[C@H]5O4)CC(=O)C[C@@H]3[C@@H](OC)[C@@H](C[C@H](O)CNC(=O)OCc4ccc(NC(=O)C(CCCNC(N)=O)NC(=O)[C@@H](NC(=O)CCCCCN5C(=O)C=CC5=O)C(C)C)cc4)O[C@H]3C[C@H]3OC(CCC1O2)C[C@@H](C)C3=C. The number of benzene rings is 1. The van der Waals surface area contributed by atoms with Crippen molar-refractivity contribution in [2.75, 3.05) is 32.1 Å². The molecule has 26 nitrogen and oxygen atoms in total. The van der Waals surface area contributed by atoms with Crippen molar-refractivity contribution in [3.8, 4) is 0 Å². The second-order valence-corrected chi connectivity index (χ2v) is 28.1. The van der Waals surface area contributed by atoms with Crippen LogP contribution in [-0.4, -0.2) is 200 Å². The number of carbonyl (C=O) groups is 8. The molecule has 11 aliphatic rings. The number of carbonyl (C=O) groups excluding carboxylic acids is 8. The van der Waals surface area contributed by atoms with Crippen molar-refractivity contribution in [2.24, 2.45) is 23.5 Å². The third kappa shape index (κ3) is 17.0. The predicted octanol–water partition coefficient (Wildman–Crippen LogP) is 4.90. The van der Waals surface area contributed by atoms with Crippen molar-refractivity contribution in [2.45, 2.75) is 265 Å². The Morgan fingerprint density at radius 1 is 0.747 bits per heavy atom. The molecule has 26 heteroatoms. The number of rotatable bonds is 23. The van der Waals surface area contributed by atoms with E-state index in [1.807, 2.05) is 0 Å². The fraction of sp³-hybridized carbons (Fsp3) is 0.710. The number of hydrogen-bond acceptors (Lipinski definition) is 19. The predicted molar refractivity (Wildman–Crippen MR) is 340 cm³/mol. The minimum atomic E-state index is -1.10. The van der Waals surface area contributed by atoms with E-state index in [1.165, 1.54) is 12.2 Å². The maximum absolute atomic E-state index is 14.5. The Kier molecular flexibility index (Phi) is 23.0. The molecule has 0 aromatic heterocycles. The summed E-state index contributed by atoms with van der Waals surface area (Å²) in [6, 6.07) is 3.68. The van der Waals surface area contributed by atoms with Crippen LogP contribution in [0, 0.1) is 17.8 Å². The number of methoxy groups -OCH3 is 1. The molecule has 0 saturated carbocycles. The number of urea groups is 1. The van der Waals surface area contributed by atoms with Crippen molar-refractivity contribution >= 4 is 53.1 Å². The van der Waals surface area contributed by atoms with Crippen LogP contribution in [0.1, 0.15) is 148 Å². The normalized spacial score (nSPS) is 35.1. The Hall–Kier alpha value is -6.20. The van der Waals surface area contributed by atoms with Gasteiger partial charge < -0.3 is 84.8 Å². The van der Waals surface area contributed by atoms with E-state index < -0.39 is 84.4 Å². The number of alkyl carbamates (subject to hydrolysis) is 1. The molecule has 21 atom stereocenters. The van der Waals surface area contributed by atoms with E-state index in [1.54, 1.807) is 45.2 Å². The van der Waals surface area contributed by atoms with Crippen molar-refractivity contribution in [3.05, 3.63) is 66.3 Å². The first-order chi connectivity index (χ1) is 45.6. The van der Waals surface area contributed by atoms with E-state index in [0.717, 1.165) is 48.2 Å². The lowest BCUT2D eigenvalue weighted by atomic mass is 9.81. The lowest BCUT2D eigenvalue weighted by Crippen LogP contribution is -2.61. The molecule has 10 fully saturated rings. The zero-order chi connectivity index (χ0) is 67.2. The van der Waals surface area contributed by atoms with Crippen molar-refractivity contribution in [3.63, 3.8) is 0 Å². The van der Waals surface area contributed by atoms with Crippen LogP contribution in [-0.2, 0) is 82.7 Å². The van der Waals surface area contributed by atoms with Gasteiger partial charge in [0.2, 0.25) is 17.7 Å². The summed E-state index contributed by atoms with van der Waals surface area (Å²) in [5, 5.41) is 25.0. The molecule has 1 aromatic carbocycles. The highest BCUT2D eigenvalue weighted by molar-refractivity contribution is 6.12. The first-order valence-corrected chi connectivity index (χ1v) is 34.4. The molecule has 0 aliphatic carbocycles. The van der Waals surface area contributed by atoms with Crippen LogP contribution in [0.15, 0.2) is 60.7 Å². The number of ketones is 1. The van der Waals surface area contributed by atoms with Gasteiger partial charge in [0.25, 0.3) is 11.8 Å². The van der Waals surface area contributed by atoms with Crippen molar-refractivity contribution in [1.82, 2.24) is 26.2 Å². The molecule has 12 rings (SSSR count). The number of nitrogens with one attached hydrogen (secondary N) is 5. The first-order valence-electron chi connectivity index (χ1n) is 34.4. The highest BCUT2D eigenvalue weighted by Crippen LogP contribution is 2.54. The van der Waals surface area contributed by atoms with Crippen LogP contribution >= 0.6 is 0 Å². The lowest BCUT2D eigenvalue weighted by molar-refractivity contribution is -0.292. The van der Waals surface area contributed by atoms with Gasteiger partial charge in [-0.15, -0.1) is 0 Å². The maximum atomic E-state index is 14.5. The van der Waals surface area contributed by atoms with Crippen molar-refractivity contribution in [1.29, 1.82) is 0 Å². The van der Waals surface area contributed by atoms with Gasteiger partial charge in [-0.2, -0.15) is 0 Å². The number of aliphatic hydroxyl groups is 1. The van der Waals surface area contributed by atoms with Gasteiger partial charge >= 0.3 is 12.1 Å². The second kappa shape index (κ2) is 31.1. The van der Waals surface area contributed by atoms with Gasteiger partial charge in [0, 0.05) is 95.4 Å². The molecule has 11 heterocycles. The molecule has 0 radical (unpaired) electrons. The van der Waals surface area contributed by atoms with Gasteiger partial charge in [0.1, 0.15) is 55.0 Å². The molecule has 10 saturated heterocycles. The minimum absolute atomic E-state index is 0.00477. The molecule has 1 aromatic rings. The molecule has 522 valence electrons. The molecule has 5 unspecified atom stereocenters. The standard InChI is InChI=1S/C69H97N7O19/c1-36(2)58(75-55(79)12-8-7-9-26-76-56(80)21-22-57(76)81)66(83)74-48(11-10-25-71-67(70)84)65(82)73-41-15-13-40(14-16-41)35-87-68(85)72-34-43(78)31-53-59(86-6)47-30-42(77)29-45-18-20-50-60(90-45)64-63-62(92-50)61-54(93-63)33-69(94-61,95-64)24-23-46-28-38(4)49(88-46)19-17-44-27-37(3)39(5)51(89-44)32-52(47)91-53/h13-16,21-22,36-37,43-54,58-64,78H,4-5,7-12,17-20,23-35H2,1-3,6H3,(H,72,85)(H,73,82)(H,74,83)(H,75,79)(H3,70,71,84)/t37-,43+,44?,45?,46?,47+,48?,49?,50+,51-,52+,53-,54-,58+,59-,60+,61+,62+,63-,64+,69+/m1/s1. The second-order valence-electron chi connectivity index (χ2n) is 28.1. The van der Waals surface area contributed by atoms with E-state index in [4.69, 9.17) is 53.1 Å². The van der Waals surface area contributed by atoms with Crippen LogP contribution in [0.2, 0.25) is 0 Å². The summed E-state index contributed by atoms with van der Waals surface area (Å²) in [5.41, 5.74) is 8.23. The van der Waals surface area contributed by atoms with E-state index >= 15 is 0 Å². The van der Waals surface area contributed by atoms with Crippen LogP contribution < -0.4 is 32.3 Å². The number of unbranched alkanes of at least 4 members (excludes halogenated alkanes) is 2. The van der Waals surface area contributed by atoms with E-state index in [2.05, 4.69) is 46.7 Å². The van der Waals surface area contributed by atoms with Crippen LogP contribution in [0.4, 0.5) is 15.3 Å². The van der Waals surface area contributed by atoms with E-state index in [9.17, 15) is 43.5 Å².